The molecular weight excluding hydrogens is 406 g/mol. The van der Waals surface area contributed by atoms with Gasteiger partial charge in [0.05, 0.1) is 18.4 Å². The molecule has 3 aromatic rings. The van der Waals surface area contributed by atoms with Crippen molar-refractivity contribution in [2.45, 2.75) is 19.3 Å². The zero-order valence-electron chi connectivity index (χ0n) is 17.7. The number of para-hydroxylation sites is 1. The lowest BCUT2D eigenvalue weighted by Gasteiger charge is -2.15. The molecule has 164 valence electrons. The van der Waals surface area contributed by atoms with E-state index in [1.807, 2.05) is 36.5 Å². The van der Waals surface area contributed by atoms with Gasteiger partial charge in [0.1, 0.15) is 0 Å². The van der Waals surface area contributed by atoms with Crippen molar-refractivity contribution >= 4 is 23.4 Å². The molecule has 0 unspecified atom stereocenters. The molecule has 0 atom stereocenters. The van der Waals surface area contributed by atoms with E-state index in [0.29, 0.717) is 31.5 Å². The zero-order chi connectivity index (χ0) is 22.3. The molecule has 1 fully saturated rings. The summed E-state index contributed by atoms with van der Waals surface area (Å²) in [5, 5.41) is 9.76. The van der Waals surface area contributed by atoms with Crippen LogP contribution in [-0.2, 0) is 16.0 Å². The fraction of sp³-hybridized carbons (Fsp3) is 0.250. The number of nitrogens with zero attached hydrogens (tertiary/aromatic N) is 3. The molecule has 32 heavy (non-hydrogen) atoms. The lowest BCUT2D eigenvalue weighted by molar-refractivity contribution is -0.120. The Bertz CT molecular complexity index is 1090. The van der Waals surface area contributed by atoms with Gasteiger partial charge in [-0.05, 0) is 54.8 Å². The largest absolute Gasteiger partial charge is 0.354 e. The highest BCUT2D eigenvalue weighted by molar-refractivity contribution is 5.98. The van der Waals surface area contributed by atoms with Gasteiger partial charge in [-0.3, -0.25) is 14.4 Å². The number of aromatic nitrogens is 2. The Balaban J connectivity index is 1.19. The van der Waals surface area contributed by atoms with Crippen molar-refractivity contribution in [3.63, 3.8) is 0 Å². The van der Waals surface area contributed by atoms with Crippen LogP contribution < -0.4 is 15.5 Å². The van der Waals surface area contributed by atoms with Gasteiger partial charge in [-0.2, -0.15) is 5.10 Å². The van der Waals surface area contributed by atoms with E-state index < -0.39 is 0 Å². The van der Waals surface area contributed by atoms with Crippen LogP contribution in [0.4, 0.5) is 5.69 Å². The van der Waals surface area contributed by atoms with E-state index >= 15 is 0 Å². The van der Waals surface area contributed by atoms with E-state index in [0.717, 1.165) is 23.4 Å². The molecule has 0 aliphatic carbocycles. The number of amides is 3. The van der Waals surface area contributed by atoms with Crippen molar-refractivity contribution in [3.05, 3.63) is 78.1 Å². The van der Waals surface area contributed by atoms with Crippen LogP contribution in [0.2, 0.25) is 0 Å². The molecule has 2 heterocycles. The quantitative estimate of drug-likeness (QED) is 0.571. The highest BCUT2D eigenvalue weighted by Gasteiger charge is 2.21. The van der Waals surface area contributed by atoms with Crippen LogP contribution in [-0.4, -0.2) is 47.1 Å². The van der Waals surface area contributed by atoms with Gasteiger partial charge in [0.25, 0.3) is 5.91 Å². The van der Waals surface area contributed by atoms with E-state index in [-0.39, 0.29) is 24.3 Å². The van der Waals surface area contributed by atoms with E-state index in [1.165, 1.54) is 0 Å². The average molecular weight is 431 g/mol. The second-order valence-corrected chi connectivity index (χ2v) is 7.61. The van der Waals surface area contributed by atoms with Crippen LogP contribution in [0.15, 0.2) is 67.0 Å². The fourth-order valence-electron chi connectivity index (χ4n) is 3.60. The maximum atomic E-state index is 12.3. The summed E-state index contributed by atoms with van der Waals surface area (Å²) in [4.78, 5) is 37.9. The monoisotopic (exact) mass is 431 g/mol. The van der Waals surface area contributed by atoms with Crippen molar-refractivity contribution in [2.75, 3.05) is 24.5 Å². The topological polar surface area (TPSA) is 96.3 Å². The molecule has 2 aromatic carbocycles. The Kier molecular flexibility index (Phi) is 6.60. The number of carbonyl (C=O) groups is 3. The first kappa shape index (κ1) is 21.3. The number of hydrogen-bond acceptors (Lipinski definition) is 4. The average Bonchev–Trinajstić information content (AvgIpc) is 3.47. The minimum Gasteiger partial charge on any atom is -0.354 e. The van der Waals surface area contributed by atoms with Gasteiger partial charge in [0.15, 0.2) is 0 Å². The lowest BCUT2D eigenvalue weighted by Crippen LogP contribution is -2.37. The number of hydrogen-bond donors (Lipinski definition) is 2. The maximum Gasteiger partial charge on any atom is 0.251 e. The smallest absolute Gasteiger partial charge is 0.251 e. The van der Waals surface area contributed by atoms with E-state index in [1.54, 1.807) is 40.0 Å². The summed E-state index contributed by atoms with van der Waals surface area (Å²) in [5.41, 5.74) is 3.22. The van der Waals surface area contributed by atoms with E-state index in [2.05, 4.69) is 15.7 Å². The molecule has 1 aromatic heterocycles. The number of carbonyl (C=O) groups excluding carboxylic acids is 3. The summed E-state index contributed by atoms with van der Waals surface area (Å²) >= 11 is 0. The fourth-order valence-corrected chi connectivity index (χ4v) is 3.60. The predicted molar refractivity (Wildman–Crippen MR) is 121 cm³/mol. The molecule has 8 heteroatoms. The van der Waals surface area contributed by atoms with Crippen molar-refractivity contribution in [1.29, 1.82) is 0 Å². The highest BCUT2D eigenvalue weighted by Crippen LogP contribution is 2.21. The van der Waals surface area contributed by atoms with Gasteiger partial charge in [-0.1, -0.05) is 18.2 Å². The maximum absolute atomic E-state index is 12.3. The molecular formula is C24H25N5O3. The summed E-state index contributed by atoms with van der Waals surface area (Å²) in [5.74, 6) is -0.483. The number of nitrogens with one attached hydrogen (secondary N) is 2. The summed E-state index contributed by atoms with van der Waals surface area (Å²) in [6.07, 6.45) is 5.77. The molecule has 1 saturated heterocycles. The summed E-state index contributed by atoms with van der Waals surface area (Å²) in [7, 11) is 0. The second-order valence-electron chi connectivity index (χ2n) is 7.61. The first-order valence-electron chi connectivity index (χ1n) is 10.6. The first-order chi connectivity index (χ1) is 15.6. The molecule has 1 aliphatic rings. The third-order valence-corrected chi connectivity index (χ3v) is 5.32. The first-order valence-corrected chi connectivity index (χ1v) is 10.6. The molecule has 2 N–H and O–H groups in total. The minimum atomic E-state index is -0.330. The molecule has 8 nitrogen and oxygen atoms in total. The van der Waals surface area contributed by atoms with Gasteiger partial charge in [-0.15, -0.1) is 0 Å². The Morgan fingerprint density at radius 2 is 1.75 bits per heavy atom. The van der Waals surface area contributed by atoms with Crippen LogP contribution in [0.25, 0.3) is 5.69 Å². The highest BCUT2D eigenvalue weighted by atomic mass is 16.2. The molecule has 4 rings (SSSR count). The Labute approximate surface area is 186 Å². The van der Waals surface area contributed by atoms with Crippen LogP contribution >= 0.6 is 0 Å². The van der Waals surface area contributed by atoms with Crippen LogP contribution in [0.5, 0.6) is 0 Å². The number of rotatable bonds is 8. The normalized spacial score (nSPS) is 13.2. The lowest BCUT2D eigenvalue weighted by atomic mass is 10.2. The van der Waals surface area contributed by atoms with Crippen molar-refractivity contribution < 1.29 is 14.4 Å². The second kappa shape index (κ2) is 9.91. The third-order valence-electron chi connectivity index (χ3n) is 5.32. The Hall–Kier alpha value is -3.94. The molecule has 0 bridgehead atoms. The Morgan fingerprint density at radius 1 is 0.969 bits per heavy atom. The van der Waals surface area contributed by atoms with Gasteiger partial charge in [0.2, 0.25) is 11.8 Å². The molecule has 0 radical (unpaired) electrons. The SMILES string of the molecule is O=C(CNC(=O)c1ccc(N2CCCC2=O)cc1)NCCc1cnn(-c2ccccc2)c1. The Morgan fingerprint density at radius 3 is 2.47 bits per heavy atom. The standard InChI is InChI=1S/C24H25N5O3/c30-22(25-13-12-18-15-27-29(17-18)21-5-2-1-3-6-21)16-26-24(32)19-8-10-20(11-9-19)28-14-4-7-23(28)31/h1-3,5-6,8-11,15,17H,4,7,12-14,16H2,(H,25,30)(H,26,32). The molecule has 3 amide bonds. The summed E-state index contributed by atoms with van der Waals surface area (Å²) in [6, 6.07) is 16.6. The van der Waals surface area contributed by atoms with Gasteiger partial charge >= 0.3 is 0 Å². The third kappa shape index (κ3) is 5.21. The number of anilines is 1. The van der Waals surface area contributed by atoms with Crippen LogP contribution in [0, 0.1) is 0 Å². The molecule has 0 spiro atoms. The van der Waals surface area contributed by atoms with Gasteiger partial charge in [0, 0.05) is 37.0 Å². The van der Waals surface area contributed by atoms with Crippen LogP contribution in [0.3, 0.4) is 0 Å². The van der Waals surface area contributed by atoms with E-state index in [4.69, 9.17) is 0 Å². The van der Waals surface area contributed by atoms with Crippen molar-refractivity contribution in [2.24, 2.45) is 0 Å². The minimum absolute atomic E-state index is 0.103. The van der Waals surface area contributed by atoms with Crippen molar-refractivity contribution in [1.82, 2.24) is 20.4 Å². The molecule has 0 saturated carbocycles. The molecule has 1 aliphatic heterocycles. The van der Waals surface area contributed by atoms with Gasteiger partial charge in [-0.25, -0.2) is 4.68 Å². The number of benzene rings is 2. The van der Waals surface area contributed by atoms with Crippen LogP contribution in [0.1, 0.15) is 28.8 Å². The van der Waals surface area contributed by atoms with Crippen molar-refractivity contribution in [3.8, 4) is 5.69 Å². The predicted octanol–water partition coefficient (Wildman–Crippen LogP) is 2.09. The summed E-state index contributed by atoms with van der Waals surface area (Å²) in [6.45, 7) is 1.06. The zero-order valence-corrected chi connectivity index (χ0v) is 17.7. The van der Waals surface area contributed by atoms with E-state index in [9.17, 15) is 14.4 Å². The summed E-state index contributed by atoms with van der Waals surface area (Å²) < 4.78 is 1.79. The van der Waals surface area contributed by atoms with Gasteiger partial charge < -0.3 is 15.5 Å².